The normalized spacial score (nSPS) is 24.1. The number of carboxylic acid groups (broad SMARTS) is 1. The molecule has 1 aliphatic heterocycles. The third kappa shape index (κ3) is 4.02. The monoisotopic (exact) mass is 433 g/mol. The molecule has 1 saturated heterocycles. The average Bonchev–Trinajstić information content (AvgIpc) is 2.94. The first kappa shape index (κ1) is 21.7. The van der Waals surface area contributed by atoms with Crippen molar-refractivity contribution in [3.8, 4) is 0 Å². The summed E-state index contributed by atoms with van der Waals surface area (Å²) in [6.45, 7) is 3.51. The van der Waals surface area contributed by atoms with E-state index < -0.39 is 24.0 Å². The molecule has 3 rings (SSSR count). The van der Waals surface area contributed by atoms with Gasteiger partial charge in [-0.1, -0.05) is 62.1 Å². The number of carboxylic acids is 1. The predicted molar refractivity (Wildman–Crippen MR) is 116 cm³/mol. The van der Waals surface area contributed by atoms with E-state index in [-0.39, 0.29) is 16.3 Å². The van der Waals surface area contributed by atoms with Crippen LogP contribution in [-0.4, -0.2) is 52.6 Å². The van der Waals surface area contributed by atoms with Gasteiger partial charge in [-0.3, -0.25) is 9.69 Å². The molecule has 6 nitrogen and oxygen atoms in total. The number of carbonyl (C=O) groups excluding carboxylic acids is 1. The Bertz CT molecular complexity index is 908. The summed E-state index contributed by atoms with van der Waals surface area (Å²) in [5.41, 5.74) is 2.77. The lowest BCUT2D eigenvalue weighted by atomic mass is 9.87. The highest BCUT2D eigenvalue weighted by Gasteiger charge is 2.42. The van der Waals surface area contributed by atoms with Gasteiger partial charge in [0.1, 0.15) is 22.6 Å². The Morgan fingerprint density at radius 1 is 1.24 bits per heavy atom. The minimum absolute atomic E-state index is 0.247. The number of methoxy groups -OCH3 is 2. The molecule has 1 N–H and O–H groups in total. The van der Waals surface area contributed by atoms with E-state index in [0.717, 1.165) is 28.5 Å². The Morgan fingerprint density at radius 2 is 1.90 bits per heavy atom. The molecule has 2 aliphatic rings. The molecule has 154 valence electrons. The molecule has 0 spiro atoms. The summed E-state index contributed by atoms with van der Waals surface area (Å²) in [4.78, 5) is 26.3. The zero-order chi connectivity index (χ0) is 21.3. The molecule has 0 bridgehead atoms. The number of hydrogen-bond donors (Lipinski definition) is 1. The Kier molecular flexibility index (Phi) is 6.58. The van der Waals surface area contributed by atoms with Crippen molar-refractivity contribution in [1.29, 1.82) is 0 Å². The van der Waals surface area contributed by atoms with Crippen LogP contribution in [0, 0.1) is 5.92 Å². The van der Waals surface area contributed by atoms with Gasteiger partial charge >= 0.3 is 5.97 Å². The average molecular weight is 434 g/mol. The van der Waals surface area contributed by atoms with Crippen molar-refractivity contribution < 1.29 is 24.2 Å². The third-order valence-electron chi connectivity index (χ3n) is 5.02. The van der Waals surface area contributed by atoms with Gasteiger partial charge < -0.3 is 14.6 Å². The fourth-order valence-corrected chi connectivity index (χ4v) is 5.03. The molecular formula is C21H23NO5S2. The second kappa shape index (κ2) is 8.79. The number of hydrogen-bond acceptors (Lipinski definition) is 6. The molecular weight excluding hydrogens is 410 g/mol. The Balaban J connectivity index is 2.01. The SMILES string of the molecule is COC1C(/C=C2\SC(=S)N(C(C(=O)O)C(C)C)C2=O)=Cc2ccccc2C1OC. The minimum atomic E-state index is -1.07. The van der Waals surface area contributed by atoms with E-state index in [1.807, 2.05) is 30.3 Å². The number of aliphatic carboxylic acids is 1. The lowest BCUT2D eigenvalue weighted by molar-refractivity contribution is -0.146. The van der Waals surface area contributed by atoms with Crippen LogP contribution in [0.3, 0.4) is 0 Å². The van der Waals surface area contributed by atoms with E-state index in [4.69, 9.17) is 21.7 Å². The lowest BCUT2D eigenvalue weighted by Gasteiger charge is -2.31. The summed E-state index contributed by atoms with van der Waals surface area (Å²) in [5.74, 6) is -1.75. The maximum atomic E-state index is 13.0. The van der Waals surface area contributed by atoms with E-state index in [2.05, 4.69) is 0 Å². The first-order valence-corrected chi connectivity index (χ1v) is 10.4. The standard InChI is InChI=1S/C21H23NO5S2/c1-11(2)16(20(24)25)22-19(23)15(29-21(22)28)10-13-9-12-7-5-6-8-14(12)18(27-4)17(13)26-3/h5-11,16-18H,1-4H3,(H,24,25)/b15-10-. The van der Waals surface area contributed by atoms with Gasteiger partial charge in [0.05, 0.1) is 4.91 Å². The number of fused-ring (bicyclic) bond motifs is 1. The smallest absolute Gasteiger partial charge is 0.327 e. The van der Waals surface area contributed by atoms with Crippen molar-refractivity contribution in [1.82, 2.24) is 4.90 Å². The van der Waals surface area contributed by atoms with E-state index >= 15 is 0 Å². The first-order chi connectivity index (χ1) is 13.8. The third-order valence-corrected chi connectivity index (χ3v) is 6.35. The van der Waals surface area contributed by atoms with E-state index in [1.54, 1.807) is 34.1 Å². The van der Waals surface area contributed by atoms with Crippen molar-refractivity contribution in [2.45, 2.75) is 32.1 Å². The predicted octanol–water partition coefficient (Wildman–Crippen LogP) is 3.64. The highest BCUT2D eigenvalue weighted by molar-refractivity contribution is 8.26. The lowest BCUT2D eigenvalue weighted by Crippen LogP contribution is -2.47. The zero-order valence-corrected chi connectivity index (χ0v) is 18.3. The second-order valence-electron chi connectivity index (χ2n) is 7.16. The minimum Gasteiger partial charge on any atom is -0.480 e. The highest BCUT2D eigenvalue weighted by atomic mass is 32.2. The fraction of sp³-hybridized carbons (Fsp3) is 0.381. The summed E-state index contributed by atoms with van der Waals surface area (Å²) in [6.07, 6.45) is 2.97. The molecule has 3 atom stereocenters. The van der Waals surface area contributed by atoms with Gasteiger partial charge in [-0.05, 0) is 34.8 Å². The molecule has 1 aromatic carbocycles. The number of nitrogens with zero attached hydrogens (tertiary/aromatic N) is 1. The van der Waals surface area contributed by atoms with Crippen molar-refractivity contribution in [3.05, 3.63) is 51.9 Å². The van der Waals surface area contributed by atoms with Crippen molar-refractivity contribution >= 4 is 46.3 Å². The Labute approximate surface area is 179 Å². The van der Waals surface area contributed by atoms with E-state index in [9.17, 15) is 14.7 Å². The van der Waals surface area contributed by atoms with E-state index in [1.165, 1.54) is 4.90 Å². The maximum absolute atomic E-state index is 13.0. The van der Waals surface area contributed by atoms with Crippen molar-refractivity contribution in [3.63, 3.8) is 0 Å². The van der Waals surface area contributed by atoms with Crippen LogP contribution in [-0.2, 0) is 19.1 Å². The first-order valence-electron chi connectivity index (χ1n) is 9.16. The van der Waals surface area contributed by atoms with Crippen LogP contribution >= 0.6 is 24.0 Å². The molecule has 1 aromatic rings. The van der Waals surface area contributed by atoms with Gasteiger partial charge in [0, 0.05) is 14.2 Å². The number of rotatable bonds is 6. The summed E-state index contributed by atoms with van der Waals surface area (Å²) in [7, 11) is 3.21. The van der Waals surface area contributed by atoms with Gasteiger partial charge in [0.25, 0.3) is 5.91 Å². The van der Waals surface area contributed by atoms with E-state index in [0.29, 0.717) is 4.91 Å². The number of benzene rings is 1. The molecule has 29 heavy (non-hydrogen) atoms. The number of thiocarbonyl (C=S) groups is 1. The summed E-state index contributed by atoms with van der Waals surface area (Å²) >= 11 is 6.44. The van der Waals surface area contributed by atoms with Crippen LogP contribution in [0.2, 0.25) is 0 Å². The Hall–Kier alpha value is -2.00. The molecule has 1 fully saturated rings. The second-order valence-corrected chi connectivity index (χ2v) is 8.84. The van der Waals surface area contributed by atoms with Crippen molar-refractivity contribution in [2.75, 3.05) is 14.2 Å². The molecule has 1 amide bonds. The number of thioether (sulfide) groups is 1. The summed E-state index contributed by atoms with van der Waals surface area (Å²) in [5, 5.41) is 9.57. The van der Waals surface area contributed by atoms with Crippen LogP contribution in [0.15, 0.2) is 40.8 Å². The number of carbonyl (C=O) groups is 2. The Morgan fingerprint density at radius 3 is 2.48 bits per heavy atom. The molecule has 0 saturated carbocycles. The van der Waals surface area contributed by atoms with Crippen molar-refractivity contribution in [2.24, 2.45) is 5.92 Å². The van der Waals surface area contributed by atoms with Crippen LogP contribution < -0.4 is 0 Å². The zero-order valence-electron chi connectivity index (χ0n) is 16.6. The largest absolute Gasteiger partial charge is 0.480 e. The van der Waals surface area contributed by atoms with Crippen LogP contribution in [0.4, 0.5) is 0 Å². The highest BCUT2D eigenvalue weighted by Crippen LogP contribution is 2.40. The number of ether oxygens (including phenoxy) is 2. The number of amides is 1. The van der Waals surface area contributed by atoms with Crippen LogP contribution in [0.1, 0.15) is 31.1 Å². The quantitative estimate of drug-likeness (QED) is 0.542. The van der Waals surface area contributed by atoms with Gasteiger partial charge in [-0.2, -0.15) is 0 Å². The molecule has 1 heterocycles. The molecule has 8 heteroatoms. The summed E-state index contributed by atoms with van der Waals surface area (Å²) < 4.78 is 11.6. The molecule has 0 radical (unpaired) electrons. The van der Waals surface area contributed by atoms with Crippen LogP contribution in [0.25, 0.3) is 6.08 Å². The topological polar surface area (TPSA) is 76.1 Å². The maximum Gasteiger partial charge on any atom is 0.327 e. The van der Waals surface area contributed by atoms with Gasteiger partial charge in [0.15, 0.2) is 0 Å². The van der Waals surface area contributed by atoms with Gasteiger partial charge in [0.2, 0.25) is 0 Å². The molecule has 1 aliphatic carbocycles. The van der Waals surface area contributed by atoms with Gasteiger partial charge in [-0.25, -0.2) is 4.79 Å². The molecule has 3 unspecified atom stereocenters. The van der Waals surface area contributed by atoms with Crippen LogP contribution in [0.5, 0.6) is 0 Å². The molecule has 0 aromatic heterocycles. The van der Waals surface area contributed by atoms with Gasteiger partial charge in [-0.15, -0.1) is 0 Å². The fourth-order valence-electron chi connectivity index (χ4n) is 3.70. The summed E-state index contributed by atoms with van der Waals surface area (Å²) in [6, 6.07) is 6.85.